The SMILES string of the molecule is CC(C)CCC[C@@H](C)[C@H]1CC[C@H]2[C@H]3CC[C@@H]4C[C@H](O)CC5(OO5)[C@]4(C)[C@H]3CC[C@]12C. The molecule has 172 valence electrons. The Kier molecular flexibility index (Phi) is 5.39. The highest BCUT2D eigenvalue weighted by molar-refractivity contribution is 5.15. The highest BCUT2D eigenvalue weighted by Gasteiger charge is 2.74. The Morgan fingerprint density at radius 3 is 2.40 bits per heavy atom. The minimum Gasteiger partial charge on any atom is -0.393 e. The minimum absolute atomic E-state index is 0.0947. The van der Waals surface area contributed by atoms with Crippen LogP contribution in [0.3, 0.4) is 0 Å². The van der Waals surface area contributed by atoms with Gasteiger partial charge in [0.05, 0.1) is 6.10 Å². The predicted molar refractivity (Wildman–Crippen MR) is 119 cm³/mol. The second kappa shape index (κ2) is 7.45. The van der Waals surface area contributed by atoms with Crippen molar-refractivity contribution in [1.82, 2.24) is 0 Å². The molecular weight excluding hydrogens is 372 g/mol. The standard InChI is InChI=1S/C27H46O3/c1-17(2)7-6-8-18(3)22-11-12-23-21-10-9-19-15-20(28)16-27(29-30-27)26(19,5)24(21)13-14-25(22,23)4/h17-24,28H,6-16H2,1-5H3/t18-,19-,20+,21-,22-,23+,24+,25-,26+/m1/s1. The smallest absolute Gasteiger partial charge is 0.242 e. The van der Waals surface area contributed by atoms with E-state index in [1.54, 1.807) is 0 Å². The summed E-state index contributed by atoms with van der Waals surface area (Å²) in [6.07, 6.45) is 13.8. The maximum atomic E-state index is 10.5. The summed E-state index contributed by atoms with van der Waals surface area (Å²) in [6, 6.07) is 0. The molecule has 0 aromatic heterocycles. The summed E-state index contributed by atoms with van der Waals surface area (Å²) in [5, 5.41) is 10.5. The molecule has 9 atom stereocenters. The van der Waals surface area contributed by atoms with Crippen LogP contribution in [0.2, 0.25) is 0 Å². The van der Waals surface area contributed by atoms with Gasteiger partial charge in [-0.05, 0) is 91.8 Å². The van der Waals surface area contributed by atoms with Gasteiger partial charge in [0.1, 0.15) is 0 Å². The van der Waals surface area contributed by atoms with Crippen LogP contribution in [0.1, 0.15) is 105 Å². The highest BCUT2D eigenvalue weighted by Crippen LogP contribution is 2.72. The van der Waals surface area contributed by atoms with E-state index in [1.165, 1.54) is 57.8 Å². The van der Waals surface area contributed by atoms with Gasteiger partial charge in [0.25, 0.3) is 0 Å². The molecule has 1 spiro atoms. The lowest BCUT2D eigenvalue weighted by molar-refractivity contribution is -0.171. The summed E-state index contributed by atoms with van der Waals surface area (Å²) >= 11 is 0. The molecule has 3 heteroatoms. The third-order valence-corrected chi connectivity index (χ3v) is 11.3. The number of aliphatic hydroxyl groups is 1. The average molecular weight is 419 g/mol. The van der Waals surface area contributed by atoms with Crippen LogP contribution >= 0.6 is 0 Å². The Morgan fingerprint density at radius 2 is 1.70 bits per heavy atom. The molecule has 0 bridgehead atoms. The molecule has 1 N–H and O–H groups in total. The monoisotopic (exact) mass is 418 g/mol. The topological polar surface area (TPSA) is 45.3 Å². The van der Waals surface area contributed by atoms with E-state index in [9.17, 15) is 5.11 Å². The van der Waals surface area contributed by atoms with Gasteiger partial charge >= 0.3 is 0 Å². The molecule has 5 rings (SSSR count). The molecule has 5 aliphatic rings. The van der Waals surface area contributed by atoms with Gasteiger partial charge < -0.3 is 5.11 Å². The number of aliphatic hydroxyl groups excluding tert-OH is 1. The maximum Gasteiger partial charge on any atom is 0.242 e. The normalized spacial score (nSPS) is 50.1. The van der Waals surface area contributed by atoms with Crippen molar-refractivity contribution in [3.63, 3.8) is 0 Å². The summed E-state index contributed by atoms with van der Waals surface area (Å²) in [5.41, 5.74) is 0.631. The summed E-state index contributed by atoms with van der Waals surface area (Å²) in [5.74, 6) is 5.12. The predicted octanol–water partition coefficient (Wildman–Crippen LogP) is 6.74. The first-order valence-electron chi connectivity index (χ1n) is 13.3. The fourth-order valence-corrected chi connectivity index (χ4v) is 9.65. The van der Waals surface area contributed by atoms with Crippen molar-refractivity contribution in [2.45, 2.75) is 117 Å². The van der Waals surface area contributed by atoms with Gasteiger partial charge in [0.2, 0.25) is 5.79 Å². The molecule has 4 aliphatic carbocycles. The van der Waals surface area contributed by atoms with E-state index in [4.69, 9.17) is 9.78 Å². The van der Waals surface area contributed by atoms with Gasteiger partial charge in [0.15, 0.2) is 0 Å². The summed E-state index contributed by atoms with van der Waals surface area (Å²) < 4.78 is 0. The Hall–Kier alpha value is -0.120. The van der Waals surface area contributed by atoms with Crippen molar-refractivity contribution < 1.29 is 14.9 Å². The molecule has 0 unspecified atom stereocenters. The van der Waals surface area contributed by atoms with E-state index >= 15 is 0 Å². The van der Waals surface area contributed by atoms with Crippen LogP contribution in [-0.2, 0) is 9.78 Å². The largest absolute Gasteiger partial charge is 0.393 e. The first kappa shape index (κ1) is 21.7. The van der Waals surface area contributed by atoms with Gasteiger partial charge in [-0.1, -0.05) is 53.9 Å². The van der Waals surface area contributed by atoms with Crippen LogP contribution in [0, 0.1) is 52.3 Å². The zero-order valence-corrected chi connectivity index (χ0v) is 20.2. The summed E-state index contributed by atoms with van der Waals surface area (Å²) in [6.45, 7) is 12.4. The van der Waals surface area contributed by atoms with Crippen LogP contribution in [0.25, 0.3) is 0 Å². The fourth-order valence-electron chi connectivity index (χ4n) is 9.65. The molecule has 30 heavy (non-hydrogen) atoms. The lowest BCUT2D eigenvalue weighted by atomic mass is 9.43. The van der Waals surface area contributed by atoms with Gasteiger partial charge in [-0.3, -0.25) is 0 Å². The van der Waals surface area contributed by atoms with Crippen molar-refractivity contribution in [3.05, 3.63) is 0 Å². The van der Waals surface area contributed by atoms with E-state index in [0.29, 0.717) is 23.7 Å². The number of rotatable bonds is 5. The van der Waals surface area contributed by atoms with Crippen molar-refractivity contribution in [2.75, 3.05) is 0 Å². The summed E-state index contributed by atoms with van der Waals surface area (Å²) in [7, 11) is 0. The summed E-state index contributed by atoms with van der Waals surface area (Å²) in [4.78, 5) is 11.5. The molecule has 0 aromatic carbocycles. The second-order valence-corrected chi connectivity index (χ2v) is 13.0. The first-order chi connectivity index (χ1) is 14.2. The number of fused-ring (bicyclic) bond motifs is 6. The second-order valence-electron chi connectivity index (χ2n) is 13.0. The maximum absolute atomic E-state index is 10.5. The molecule has 0 radical (unpaired) electrons. The van der Waals surface area contributed by atoms with Crippen molar-refractivity contribution in [2.24, 2.45) is 52.3 Å². The van der Waals surface area contributed by atoms with E-state index in [2.05, 4.69) is 34.6 Å². The third-order valence-electron chi connectivity index (χ3n) is 11.3. The van der Waals surface area contributed by atoms with Crippen molar-refractivity contribution in [1.29, 1.82) is 0 Å². The van der Waals surface area contributed by atoms with E-state index in [-0.39, 0.29) is 11.5 Å². The van der Waals surface area contributed by atoms with Crippen LogP contribution in [0.5, 0.6) is 0 Å². The lowest BCUT2D eigenvalue weighted by Crippen LogP contribution is -2.60. The van der Waals surface area contributed by atoms with Crippen LogP contribution in [0.15, 0.2) is 0 Å². The molecule has 0 aromatic rings. The zero-order chi connectivity index (χ0) is 21.3. The van der Waals surface area contributed by atoms with E-state index < -0.39 is 5.79 Å². The Balaban J connectivity index is 1.34. The third kappa shape index (κ3) is 3.08. The molecule has 5 fully saturated rings. The van der Waals surface area contributed by atoms with Gasteiger partial charge in [-0.25, -0.2) is 0 Å². The Bertz CT molecular complexity index is 642. The van der Waals surface area contributed by atoms with Crippen LogP contribution in [-0.4, -0.2) is 17.0 Å². The first-order valence-corrected chi connectivity index (χ1v) is 13.3. The number of hydrogen-bond acceptors (Lipinski definition) is 3. The van der Waals surface area contributed by atoms with Gasteiger partial charge in [0, 0.05) is 11.8 Å². The quantitative estimate of drug-likeness (QED) is 0.397. The average Bonchev–Trinajstić information content (AvgIpc) is 3.35. The van der Waals surface area contributed by atoms with E-state index in [1.807, 2.05) is 0 Å². The molecule has 1 saturated heterocycles. The highest BCUT2D eigenvalue weighted by atomic mass is 17.4. The van der Waals surface area contributed by atoms with Crippen molar-refractivity contribution in [3.8, 4) is 0 Å². The van der Waals surface area contributed by atoms with Crippen molar-refractivity contribution >= 4 is 0 Å². The van der Waals surface area contributed by atoms with Gasteiger partial charge in [-0.15, -0.1) is 0 Å². The van der Waals surface area contributed by atoms with Crippen LogP contribution in [0.4, 0.5) is 0 Å². The van der Waals surface area contributed by atoms with Crippen LogP contribution < -0.4 is 0 Å². The molecule has 4 saturated carbocycles. The van der Waals surface area contributed by atoms with E-state index in [0.717, 1.165) is 36.0 Å². The fraction of sp³-hybridized carbons (Fsp3) is 1.00. The zero-order valence-electron chi connectivity index (χ0n) is 20.2. The molecular formula is C27H46O3. The minimum atomic E-state index is -0.478. The lowest BCUT2D eigenvalue weighted by Gasteiger charge is -2.61. The molecule has 1 heterocycles. The molecule has 0 amide bonds. The Morgan fingerprint density at radius 1 is 0.933 bits per heavy atom. The van der Waals surface area contributed by atoms with Gasteiger partial charge in [-0.2, -0.15) is 9.78 Å². The molecule has 1 aliphatic heterocycles. The molecule has 3 nitrogen and oxygen atoms in total. The number of hydrogen-bond donors (Lipinski definition) is 1. The Labute approximate surface area is 184 Å².